The largest absolute Gasteiger partial charge is 0.496 e. The van der Waals surface area contributed by atoms with Crippen molar-refractivity contribution in [1.82, 2.24) is 9.97 Å². The fourth-order valence-corrected chi connectivity index (χ4v) is 2.32. The highest BCUT2D eigenvalue weighted by atomic mass is 16.5. The normalized spacial score (nSPS) is 15.8. The van der Waals surface area contributed by atoms with Crippen molar-refractivity contribution in [1.29, 1.82) is 5.26 Å². The Morgan fingerprint density at radius 1 is 1.37 bits per heavy atom. The molecule has 0 saturated heterocycles. The number of ether oxygens (including phenoxy) is 1. The van der Waals surface area contributed by atoms with E-state index >= 15 is 0 Å². The van der Waals surface area contributed by atoms with Gasteiger partial charge in [0, 0.05) is 11.3 Å². The number of nitrogens with zero attached hydrogens (tertiary/aromatic N) is 2. The molecule has 1 aliphatic rings. The van der Waals surface area contributed by atoms with Gasteiger partial charge < -0.3 is 9.72 Å². The van der Waals surface area contributed by atoms with Crippen molar-refractivity contribution < 1.29 is 4.74 Å². The highest BCUT2D eigenvalue weighted by Gasteiger charge is 2.48. The number of rotatable bonds is 3. The Kier molecular flexibility index (Phi) is 2.56. The third-order valence-corrected chi connectivity index (χ3v) is 3.66. The summed E-state index contributed by atoms with van der Waals surface area (Å²) in [5, 5.41) is 9.25. The molecule has 19 heavy (non-hydrogen) atoms. The lowest BCUT2D eigenvalue weighted by Crippen LogP contribution is -2.04. The first-order chi connectivity index (χ1) is 9.20. The summed E-state index contributed by atoms with van der Waals surface area (Å²) in [6.45, 7) is 1.98. The molecule has 4 heteroatoms. The molecule has 0 aliphatic heterocycles. The molecular weight excluding hydrogens is 238 g/mol. The van der Waals surface area contributed by atoms with Crippen LogP contribution in [-0.4, -0.2) is 17.1 Å². The van der Waals surface area contributed by atoms with E-state index in [1.54, 1.807) is 7.11 Å². The molecule has 0 atom stereocenters. The molecule has 1 aliphatic carbocycles. The van der Waals surface area contributed by atoms with Crippen LogP contribution in [0, 0.1) is 18.3 Å². The van der Waals surface area contributed by atoms with Crippen LogP contribution in [0.1, 0.15) is 24.4 Å². The molecule has 2 aromatic rings. The average Bonchev–Trinajstić information content (AvgIpc) is 3.16. The highest BCUT2D eigenvalue weighted by molar-refractivity contribution is 5.69. The van der Waals surface area contributed by atoms with Crippen LogP contribution < -0.4 is 4.74 Å². The molecule has 0 bridgehead atoms. The quantitative estimate of drug-likeness (QED) is 0.914. The van der Waals surface area contributed by atoms with Gasteiger partial charge in [-0.2, -0.15) is 5.26 Å². The summed E-state index contributed by atoms with van der Waals surface area (Å²) < 4.78 is 5.37. The maximum Gasteiger partial charge on any atom is 0.128 e. The molecule has 1 aromatic heterocycles. The van der Waals surface area contributed by atoms with E-state index in [1.807, 2.05) is 31.2 Å². The molecule has 0 radical (unpaired) electrons. The lowest BCUT2D eigenvalue weighted by atomic mass is 10.1. The predicted octanol–water partition coefficient (Wildman–Crippen LogP) is 2.95. The zero-order chi connectivity index (χ0) is 13.5. The summed E-state index contributed by atoms with van der Waals surface area (Å²) in [5.74, 6) is 1.58. The van der Waals surface area contributed by atoms with Gasteiger partial charge in [0.2, 0.25) is 0 Å². The maximum absolute atomic E-state index is 9.25. The average molecular weight is 253 g/mol. The molecule has 0 unspecified atom stereocenters. The van der Waals surface area contributed by atoms with Crippen molar-refractivity contribution in [3.8, 4) is 23.1 Å². The van der Waals surface area contributed by atoms with Gasteiger partial charge in [-0.15, -0.1) is 0 Å². The van der Waals surface area contributed by atoms with Crippen molar-refractivity contribution in [2.45, 2.75) is 25.2 Å². The second-order valence-corrected chi connectivity index (χ2v) is 4.95. The number of aryl methyl sites for hydroxylation is 1. The Morgan fingerprint density at radius 3 is 2.74 bits per heavy atom. The standard InChI is InChI=1S/C15H15N3O/c1-10-13(11-5-3-4-6-12(11)19-2)18-14(17-10)15(9-16)7-8-15/h3-6H,7-8H2,1-2H3,(H,17,18). The van der Waals surface area contributed by atoms with E-state index in [4.69, 9.17) is 4.74 Å². The molecule has 1 N–H and O–H groups in total. The van der Waals surface area contributed by atoms with Gasteiger partial charge in [0.15, 0.2) is 0 Å². The fraction of sp³-hybridized carbons (Fsp3) is 0.333. The number of H-pyrrole nitrogens is 1. The van der Waals surface area contributed by atoms with Gasteiger partial charge in [-0.3, -0.25) is 0 Å². The van der Waals surface area contributed by atoms with E-state index in [9.17, 15) is 5.26 Å². The molecule has 0 spiro atoms. The summed E-state index contributed by atoms with van der Waals surface area (Å²) in [6, 6.07) is 10.2. The van der Waals surface area contributed by atoms with Gasteiger partial charge in [-0.05, 0) is 31.9 Å². The summed E-state index contributed by atoms with van der Waals surface area (Å²) in [4.78, 5) is 7.89. The van der Waals surface area contributed by atoms with Gasteiger partial charge in [0.1, 0.15) is 17.0 Å². The minimum atomic E-state index is -0.384. The van der Waals surface area contributed by atoms with Crippen molar-refractivity contribution >= 4 is 0 Å². The van der Waals surface area contributed by atoms with E-state index in [-0.39, 0.29) is 5.41 Å². The number of nitriles is 1. The third kappa shape index (κ3) is 1.78. The van der Waals surface area contributed by atoms with E-state index in [2.05, 4.69) is 16.0 Å². The Morgan fingerprint density at radius 2 is 2.11 bits per heavy atom. The van der Waals surface area contributed by atoms with E-state index < -0.39 is 0 Å². The van der Waals surface area contributed by atoms with Gasteiger partial charge >= 0.3 is 0 Å². The molecule has 1 aromatic carbocycles. The molecule has 0 amide bonds. The lowest BCUT2D eigenvalue weighted by Gasteiger charge is -2.06. The first-order valence-corrected chi connectivity index (χ1v) is 6.32. The van der Waals surface area contributed by atoms with Crippen molar-refractivity contribution in [2.75, 3.05) is 7.11 Å². The minimum absolute atomic E-state index is 0.384. The number of imidazole rings is 1. The number of benzene rings is 1. The first-order valence-electron chi connectivity index (χ1n) is 6.32. The topological polar surface area (TPSA) is 61.7 Å². The van der Waals surface area contributed by atoms with Gasteiger partial charge in [-0.25, -0.2) is 4.98 Å². The number of nitrogens with one attached hydrogen (secondary N) is 1. The molecule has 3 rings (SSSR count). The smallest absolute Gasteiger partial charge is 0.128 e. The molecule has 1 fully saturated rings. The van der Waals surface area contributed by atoms with Crippen LogP contribution >= 0.6 is 0 Å². The van der Waals surface area contributed by atoms with Crippen molar-refractivity contribution in [3.63, 3.8) is 0 Å². The molecular formula is C15H15N3O. The summed E-state index contributed by atoms with van der Waals surface area (Å²) in [6.07, 6.45) is 1.78. The summed E-state index contributed by atoms with van der Waals surface area (Å²) in [7, 11) is 1.65. The Labute approximate surface area is 112 Å². The number of aromatic amines is 1. The lowest BCUT2D eigenvalue weighted by molar-refractivity contribution is 0.416. The Bertz CT molecular complexity index is 662. The zero-order valence-electron chi connectivity index (χ0n) is 11.0. The predicted molar refractivity (Wildman–Crippen MR) is 71.8 cm³/mol. The molecule has 1 saturated carbocycles. The molecule has 1 heterocycles. The fourth-order valence-electron chi connectivity index (χ4n) is 2.32. The van der Waals surface area contributed by atoms with Crippen LogP contribution in [0.2, 0.25) is 0 Å². The van der Waals surface area contributed by atoms with Crippen LogP contribution in [0.25, 0.3) is 11.3 Å². The third-order valence-electron chi connectivity index (χ3n) is 3.66. The Balaban J connectivity index is 2.09. The number of methoxy groups -OCH3 is 1. The minimum Gasteiger partial charge on any atom is -0.496 e. The van der Waals surface area contributed by atoms with E-state index in [1.165, 1.54) is 0 Å². The number of hydrogen-bond acceptors (Lipinski definition) is 3. The van der Waals surface area contributed by atoms with Crippen LogP contribution in [0.5, 0.6) is 5.75 Å². The van der Waals surface area contributed by atoms with E-state index in [0.29, 0.717) is 0 Å². The Hall–Kier alpha value is -2.28. The SMILES string of the molecule is COc1ccccc1-c1nc(C2(C#N)CC2)[nH]c1C. The highest BCUT2D eigenvalue weighted by Crippen LogP contribution is 2.47. The monoisotopic (exact) mass is 253 g/mol. The second-order valence-electron chi connectivity index (χ2n) is 4.95. The number of aromatic nitrogens is 2. The number of para-hydroxylation sites is 1. The summed E-state index contributed by atoms with van der Waals surface area (Å²) >= 11 is 0. The van der Waals surface area contributed by atoms with Crippen molar-refractivity contribution in [3.05, 3.63) is 35.8 Å². The van der Waals surface area contributed by atoms with Crippen molar-refractivity contribution in [2.24, 2.45) is 0 Å². The van der Waals surface area contributed by atoms with Gasteiger partial charge in [0.25, 0.3) is 0 Å². The van der Waals surface area contributed by atoms with Gasteiger partial charge in [0.05, 0.1) is 18.9 Å². The number of hydrogen-bond donors (Lipinski definition) is 1. The second kappa shape index (κ2) is 4.13. The van der Waals surface area contributed by atoms with E-state index in [0.717, 1.165) is 41.4 Å². The summed E-state index contributed by atoms with van der Waals surface area (Å²) in [5.41, 5.74) is 2.42. The zero-order valence-corrected chi connectivity index (χ0v) is 11.0. The first kappa shape index (κ1) is 11.8. The molecule has 4 nitrogen and oxygen atoms in total. The van der Waals surface area contributed by atoms with Crippen LogP contribution in [0.15, 0.2) is 24.3 Å². The van der Waals surface area contributed by atoms with Crippen LogP contribution in [-0.2, 0) is 5.41 Å². The van der Waals surface area contributed by atoms with Crippen LogP contribution in [0.4, 0.5) is 0 Å². The molecule has 96 valence electrons. The van der Waals surface area contributed by atoms with Crippen LogP contribution in [0.3, 0.4) is 0 Å². The maximum atomic E-state index is 9.25. The van der Waals surface area contributed by atoms with Gasteiger partial charge in [-0.1, -0.05) is 12.1 Å².